The van der Waals surface area contributed by atoms with Crippen LogP contribution < -0.4 is 10.8 Å². The van der Waals surface area contributed by atoms with E-state index in [0.29, 0.717) is 0 Å². The first-order valence-electron chi connectivity index (χ1n) is 11.0. The third kappa shape index (κ3) is 4.31. The molecule has 3 fully saturated rings. The minimum Gasteiger partial charge on any atom is -0.399 e. The van der Waals surface area contributed by atoms with Crippen molar-refractivity contribution in [1.82, 2.24) is 15.1 Å². The number of nitrogens with zero attached hydrogens (tertiary/aromatic N) is 2. The topological polar surface area (TPSA) is 37.0 Å². The van der Waals surface area contributed by atoms with Crippen LogP contribution in [0.1, 0.15) is 46.1 Å². The monoisotopic (exact) mass is 385 g/mol. The van der Waals surface area contributed by atoms with E-state index in [2.05, 4.69) is 67.1 Å². The molecule has 1 aromatic rings. The van der Waals surface area contributed by atoms with Gasteiger partial charge >= 0.3 is 7.12 Å². The van der Waals surface area contributed by atoms with Gasteiger partial charge in [0, 0.05) is 38.8 Å². The van der Waals surface area contributed by atoms with Gasteiger partial charge in [-0.05, 0) is 64.7 Å². The number of rotatable bonds is 4. The first kappa shape index (κ1) is 20.4. The molecule has 3 aliphatic heterocycles. The second-order valence-electron chi connectivity index (χ2n) is 9.62. The summed E-state index contributed by atoms with van der Waals surface area (Å²) in [6.45, 7) is 16.6. The number of hydrogen-bond acceptors (Lipinski definition) is 5. The number of benzene rings is 1. The summed E-state index contributed by atoms with van der Waals surface area (Å²) in [4.78, 5) is 5.29. The van der Waals surface area contributed by atoms with E-state index in [4.69, 9.17) is 9.31 Å². The van der Waals surface area contributed by atoms with Gasteiger partial charge in [-0.15, -0.1) is 0 Å². The van der Waals surface area contributed by atoms with E-state index < -0.39 is 0 Å². The van der Waals surface area contributed by atoms with E-state index in [0.717, 1.165) is 31.1 Å². The predicted molar refractivity (Wildman–Crippen MR) is 115 cm³/mol. The van der Waals surface area contributed by atoms with Gasteiger partial charge in [-0.3, -0.25) is 9.80 Å². The molecule has 0 atom stereocenters. The molecule has 3 heterocycles. The van der Waals surface area contributed by atoms with Crippen LogP contribution in [-0.2, 0) is 15.9 Å². The van der Waals surface area contributed by atoms with E-state index in [9.17, 15) is 0 Å². The lowest BCUT2D eigenvalue weighted by Crippen LogP contribution is -2.51. The Bertz CT molecular complexity index is 634. The van der Waals surface area contributed by atoms with Crippen molar-refractivity contribution >= 4 is 12.6 Å². The minimum absolute atomic E-state index is 0.270. The molecular formula is C22H36BN3O2. The molecule has 0 spiro atoms. The molecule has 0 saturated carbocycles. The van der Waals surface area contributed by atoms with Crippen LogP contribution in [0.15, 0.2) is 24.3 Å². The Hall–Kier alpha value is -0.915. The van der Waals surface area contributed by atoms with Crippen molar-refractivity contribution in [2.45, 2.75) is 64.3 Å². The Morgan fingerprint density at radius 2 is 1.50 bits per heavy atom. The first-order valence-corrected chi connectivity index (χ1v) is 11.0. The van der Waals surface area contributed by atoms with Crippen molar-refractivity contribution in [3.05, 3.63) is 29.8 Å². The Kier molecular flexibility index (Phi) is 5.87. The molecule has 6 heteroatoms. The van der Waals surface area contributed by atoms with Crippen molar-refractivity contribution in [2.24, 2.45) is 0 Å². The fourth-order valence-corrected chi connectivity index (χ4v) is 4.51. The van der Waals surface area contributed by atoms with Gasteiger partial charge < -0.3 is 14.6 Å². The van der Waals surface area contributed by atoms with E-state index in [-0.39, 0.29) is 18.3 Å². The maximum absolute atomic E-state index is 6.17. The molecule has 5 nitrogen and oxygen atoms in total. The maximum Gasteiger partial charge on any atom is 0.494 e. The fraction of sp³-hybridized carbons (Fsp3) is 0.727. The van der Waals surface area contributed by atoms with Gasteiger partial charge in [0.25, 0.3) is 0 Å². The standard InChI is InChI=1S/C22H36BN3O2/c1-21(2)22(3,4)28-23(27-21)19-7-5-18(6-8-19)17-25-13-9-20(10-14-25)26-15-11-24-12-16-26/h5-8,20,24H,9-17H2,1-4H3. The molecule has 4 rings (SSSR count). The van der Waals surface area contributed by atoms with E-state index in [1.807, 2.05) is 0 Å². The summed E-state index contributed by atoms with van der Waals surface area (Å²) in [6.07, 6.45) is 2.60. The summed E-state index contributed by atoms with van der Waals surface area (Å²) < 4.78 is 12.3. The SMILES string of the molecule is CC1(C)OB(c2ccc(CN3CCC(N4CCNCC4)CC3)cc2)OC1(C)C. The molecular weight excluding hydrogens is 349 g/mol. The zero-order valence-corrected chi connectivity index (χ0v) is 18.0. The van der Waals surface area contributed by atoms with E-state index in [1.165, 1.54) is 44.6 Å². The summed E-state index contributed by atoms with van der Waals surface area (Å²) in [5, 5.41) is 3.46. The Morgan fingerprint density at radius 1 is 0.929 bits per heavy atom. The van der Waals surface area contributed by atoms with Crippen molar-refractivity contribution in [2.75, 3.05) is 39.3 Å². The zero-order valence-electron chi connectivity index (χ0n) is 18.0. The number of likely N-dealkylation sites (tertiary alicyclic amines) is 1. The highest BCUT2D eigenvalue weighted by Crippen LogP contribution is 2.36. The van der Waals surface area contributed by atoms with Crippen LogP contribution >= 0.6 is 0 Å². The zero-order chi connectivity index (χ0) is 19.8. The van der Waals surface area contributed by atoms with Gasteiger partial charge in [0.15, 0.2) is 0 Å². The third-order valence-corrected chi connectivity index (χ3v) is 7.14. The van der Waals surface area contributed by atoms with Crippen LogP contribution in [-0.4, -0.2) is 73.4 Å². The van der Waals surface area contributed by atoms with Crippen molar-refractivity contribution < 1.29 is 9.31 Å². The summed E-state index contributed by atoms with van der Waals surface area (Å²) >= 11 is 0. The van der Waals surface area contributed by atoms with Crippen LogP contribution in [0.5, 0.6) is 0 Å². The van der Waals surface area contributed by atoms with Crippen LogP contribution in [0.4, 0.5) is 0 Å². The molecule has 0 radical (unpaired) electrons. The average Bonchev–Trinajstić information content (AvgIpc) is 2.91. The molecule has 1 N–H and O–H groups in total. The highest BCUT2D eigenvalue weighted by atomic mass is 16.7. The lowest BCUT2D eigenvalue weighted by atomic mass is 9.79. The first-order chi connectivity index (χ1) is 13.3. The Labute approximate surface area is 170 Å². The molecule has 0 bridgehead atoms. The quantitative estimate of drug-likeness (QED) is 0.801. The normalized spacial score (nSPS) is 26.6. The molecule has 1 aromatic carbocycles. The fourth-order valence-electron chi connectivity index (χ4n) is 4.51. The highest BCUT2D eigenvalue weighted by Gasteiger charge is 2.51. The van der Waals surface area contributed by atoms with Gasteiger partial charge in [-0.2, -0.15) is 0 Å². The summed E-state index contributed by atoms with van der Waals surface area (Å²) in [6, 6.07) is 9.60. The second kappa shape index (κ2) is 8.08. The molecule has 154 valence electrons. The molecule has 3 saturated heterocycles. The van der Waals surface area contributed by atoms with Crippen LogP contribution in [0.2, 0.25) is 0 Å². The van der Waals surface area contributed by atoms with E-state index in [1.54, 1.807) is 0 Å². The molecule has 3 aliphatic rings. The van der Waals surface area contributed by atoms with Gasteiger partial charge in [0.2, 0.25) is 0 Å². The van der Waals surface area contributed by atoms with Crippen LogP contribution in [0.25, 0.3) is 0 Å². The van der Waals surface area contributed by atoms with Gasteiger partial charge in [-0.1, -0.05) is 24.3 Å². The number of nitrogens with one attached hydrogen (secondary N) is 1. The van der Waals surface area contributed by atoms with Crippen molar-refractivity contribution in [1.29, 1.82) is 0 Å². The largest absolute Gasteiger partial charge is 0.494 e. The van der Waals surface area contributed by atoms with Gasteiger partial charge in [-0.25, -0.2) is 0 Å². The Morgan fingerprint density at radius 3 is 2.07 bits per heavy atom. The van der Waals surface area contributed by atoms with Crippen molar-refractivity contribution in [3.8, 4) is 0 Å². The van der Waals surface area contributed by atoms with Crippen molar-refractivity contribution in [3.63, 3.8) is 0 Å². The predicted octanol–water partition coefficient (Wildman–Crippen LogP) is 1.86. The van der Waals surface area contributed by atoms with Gasteiger partial charge in [0.05, 0.1) is 11.2 Å². The third-order valence-electron chi connectivity index (χ3n) is 7.14. The number of piperazine rings is 1. The molecule has 0 aromatic heterocycles. The molecule has 0 amide bonds. The molecule has 0 unspecified atom stereocenters. The van der Waals surface area contributed by atoms with E-state index >= 15 is 0 Å². The van der Waals surface area contributed by atoms with Crippen LogP contribution in [0.3, 0.4) is 0 Å². The summed E-state index contributed by atoms with van der Waals surface area (Å²) in [7, 11) is -0.270. The van der Waals surface area contributed by atoms with Crippen LogP contribution in [0, 0.1) is 0 Å². The lowest BCUT2D eigenvalue weighted by Gasteiger charge is -2.40. The average molecular weight is 385 g/mol. The molecule has 0 aliphatic carbocycles. The molecule has 28 heavy (non-hydrogen) atoms. The Balaban J connectivity index is 1.28. The minimum atomic E-state index is -0.287. The number of hydrogen-bond donors (Lipinski definition) is 1. The smallest absolute Gasteiger partial charge is 0.399 e. The lowest BCUT2D eigenvalue weighted by molar-refractivity contribution is 0.00578. The summed E-state index contributed by atoms with van der Waals surface area (Å²) in [5.74, 6) is 0. The number of piperidine rings is 1. The summed E-state index contributed by atoms with van der Waals surface area (Å²) in [5.41, 5.74) is 1.91. The second-order valence-corrected chi connectivity index (χ2v) is 9.62. The van der Waals surface area contributed by atoms with Gasteiger partial charge in [0.1, 0.15) is 0 Å². The highest BCUT2D eigenvalue weighted by molar-refractivity contribution is 6.62. The maximum atomic E-state index is 6.17.